The van der Waals surface area contributed by atoms with Crippen molar-refractivity contribution in [1.29, 1.82) is 0 Å². The van der Waals surface area contributed by atoms with E-state index in [1.54, 1.807) is 6.07 Å². The zero-order valence-electron chi connectivity index (χ0n) is 16.4. The standard InChI is InChI=1S/C22H23NO5S/c1-22(2)19-15-18(28-16-24)10-11-20(19)23(13-6-14-29(25,26)27)21(22)12-9-17-7-4-3-5-8-17/h3-5,7-12,15-16H,6,13-14H2,1-2H3/p+1. The first kappa shape index (κ1) is 21.0. The molecule has 152 valence electrons. The smallest absolute Gasteiger partial charge is 0.298 e. The number of rotatable bonds is 8. The van der Waals surface area contributed by atoms with E-state index in [-0.39, 0.29) is 17.6 Å². The van der Waals surface area contributed by atoms with E-state index in [1.165, 1.54) is 0 Å². The van der Waals surface area contributed by atoms with Gasteiger partial charge in [-0.15, -0.1) is 0 Å². The van der Waals surface area contributed by atoms with Gasteiger partial charge in [0, 0.05) is 24.1 Å². The van der Waals surface area contributed by atoms with E-state index in [4.69, 9.17) is 9.29 Å². The van der Waals surface area contributed by atoms with Crippen molar-refractivity contribution in [3.05, 3.63) is 65.7 Å². The Labute approximate surface area is 170 Å². The highest BCUT2D eigenvalue weighted by Crippen LogP contribution is 2.42. The molecule has 0 aliphatic carbocycles. The van der Waals surface area contributed by atoms with Gasteiger partial charge in [0.2, 0.25) is 5.69 Å². The van der Waals surface area contributed by atoms with Crippen LogP contribution in [0.1, 0.15) is 31.4 Å². The monoisotopic (exact) mass is 414 g/mol. The zero-order chi connectivity index (χ0) is 21.1. The minimum absolute atomic E-state index is 0.281. The molecule has 2 aromatic carbocycles. The molecule has 1 aliphatic rings. The molecular weight excluding hydrogens is 390 g/mol. The fourth-order valence-electron chi connectivity index (χ4n) is 3.67. The number of allylic oxidation sites excluding steroid dienone is 1. The lowest BCUT2D eigenvalue weighted by atomic mass is 9.81. The number of carbonyl (C=O) groups is 1. The Morgan fingerprint density at radius 1 is 1.10 bits per heavy atom. The van der Waals surface area contributed by atoms with Crippen molar-refractivity contribution < 1.29 is 27.1 Å². The van der Waals surface area contributed by atoms with Gasteiger partial charge >= 0.3 is 0 Å². The molecule has 0 amide bonds. The van der Waals surface area contributed by atoms with Crippen molar-refractivity contribution in [3.8, 4) is 5.75 Å². The number of nitrogens with zero attached hydrogens (tertiary/aromatic N) is 1. The number of fused-ring (bicyclic) bond motifs is 1. The van der Waals surface area contributed by atoms with E-state index in [0.717, 1.165) is 22.5 Å². The van der Waals surface area contributed by atoms with E-state index in [1.807, 2.05) is 54.6 Å². The Hall–Kier alpha value is -2.77. The summed E-state index contributed by atoms with van der Waals surface area (Å²) in [6, 6.07) is 15.3. The van der Waals surface area contributed by atoms with Crippen molar-refractivity contribution in [1.82, 2.24) is 0 Å². The molecule has 2 aromatic rings. The maximum atomic E-state index is 11.2. The predicted octanol–water partition coefficient (Wildman–Crippen LogP) is 3.59. The molecule has 1 heterocycles. The highest BCUT2D eigenvalue weighted by Gasteiger charge is 2.44. The highest BCUT2D eigenvalue weighted by molar-refractivity contribution is 7.85. The Kier molecular flexibility index (Phi) is 6.00. The lowest BCUT2D eigenvalue weighted by Crippen LogP contribution is -2.28. The van der Waals surface area contributed by atoms with E-state index in [0.29, 0.717) is 18.8 Å². The number of ether oxygens (including phenoxy) is 1. The summed E-state index contributed by atoms with van der Waals surface area (Å²) in [6.07, 6.45) is 4.33. The van der Waals surface area contributed by atoms with Gasteiger partial charge in [0.25, 0.3) is 16.6 Å². The van der Waals surface area contributed by atoms with E-state index < -0.39 is 10.1 Å². The number of hydrogen-bond acceptors (Lipinski definition) is 4. The van der Waals surface area contributed by atoms with Crippen LogP contribution >= 0.6 is 0 Å². The topological polar surface area (TPSA) is 83.7 Å². The minimum Gasteiger partial charge on any atom is -0.429 e. The van der Waals surface area contributed by atoms with E-state index >= 15 is 0 Å². The molecule has 7 heteroatoms. The third-order valence-electron chi connectivity index (χ3n) is 5.06. The molecule has 0 unspecified atom stereocenters. The van der Waals surface area contributed by atoms with Crippen molar-refractivity contribution in [2.45, 2.75) is 25.7 Å². The second kappa shape index (κ2) is 8.31. The summed E-state index contributed by atoms with van der Waals surface area (Å²) in [4.78, 5) is 10.7. The first-order valence-corrected chi connectivity index (χ1v) is 10.9. The van der Waals surface area contributed by atoms with Crippen LogP contribution in [0, 0.1) is 0 Å². The van der Waals surface area contributed by atoms with Crippen LogP contribution in [-0.4, -0.2) is 42.0 Å². The molecule has 6 nitrogen and oxygen atoms in total. The number of carbonyl (C=O) groups excluding carboxylic acids is 1. The molecule has 1 aliphatic heterocycles. The van der Waals surface area contributed by atoms with E-state index in [9.17, 15) is 13.2 Å². The summed E-state index contributed by atoms with van der Waals surface area (Å²) < 4.78 is 38.5. The highest BCUT2D eigenvalue weighted by atomic mass is 32.2. The van der Waals surface area contributed by atoms with Crippen LogP contribution in [0.5, 0.6) is 5.75 Å². The summed E-state index contributed by atoms with van der Waals surface area (Å²) >= 11 is 0. The van der Waals surface area contributed by atoms with Gasteiger partial charge in [-0.05, 0) is 37.6 Å². The zero-order valence-corrected chi connectivity index (χ0v) is 17.2. The SMILES string of the molecule is CC1(C)C(C=Cc2ccccc2)=[N+](CCCS(=O)(=O)O)c2ccc(OC=O)cc21. The van der Waals surface area contributed by atoms with Gasteiger partial charge < -0.3 is 4.74 Å². The van der Waals surface area contributed by atoms with Crippen LogP contribution in [0.4, 0.5) is 5.69 Å². The van der Waals surface area contributed by atoms with Gasteiger partial charge in [0.15, 0.2) is 5.71 Å². The third-order valence-corrected chi connectivity index (χ3v) is 5.87. The Morgan fingerprint density at radius 2 is 1.83 bits per heavy atom. The van der Waals surface area contributed by atoms with Crippen LogP contribution in [0.25, 0.3) is 6.08 Å². The number of hydrogen-bond donors (Lipinski definition) is 1. The second-order valence-corrected chi connectivity index (χ2v) is 9.01. The average Bonchev–Trinajstić information content (AvgIpc) is 2.87. The van der Waals surface area contributed by atoms with Gasteiger partial charge in [0.05, 0.1) is 11.2 Å². The first-order chi connectivity index (χ1) is 13.7. The fraction of sp³-hybridized carbons (Fsp3) is 0.273. The Morgan fingerprint density at radius 3 is 2.48 bits per heavy atom. The molecule has 0 bridgehead atoms. The fourth-order valence-corrected chi connectivity index (χ4v) is 4.16. The minimum atomic E-state index is -4.02. The molecule has 1 N–H and O–H groups in total. The largest absolute Gasteiger partial charge is 0.429 e. The molecule has 3 rings (SSSR count). The predicted molar refractivity (Wildman–Crippen MR) is 112 cm³/mol. The second-order valence-electron chi connectivity index (χ2n) is 7.44. The summed E-state index contributed by atoms with van der Waals surface area (Å²) in [5.74, 6) is 0.152. The Balaban J connectivity index is 2.03. The van der Waals surface area contributed by atoms with Crippen molar-refractivity contribution in [2.75, 3.05) is 12.3 Å². The Bertz CT molecular complexity index is 1070. The van der Waals surface area contributed by atoms with Gasteiger partial charge in [-0.3, -0.25) is 9.35 Å². The summed E-state index contributed by atoms with van der Waals surface area (Å²) in [7, 11) is -4.02. The lowest BCUT2D eigenvalue weighted by Gasteiger charge is -2.16. The van der Waals surface area contributed by atoms with E-state index in [2.05, 4.69) is 18.4 Å². The molecule has 0 aromatic heterocycles. The quantitative estimate of drug-likeness (QED) is 0.405. The maximum absolute atomic E-state index is 11.2. The first-order valence-electron chi connectivity index (χ1n) is 9.30. The summed E-state index contributed by atoms with van der Waals surface area (Å²) in [6.45, 7) is 4.97. The maximum Gasteiger partial charge on any atom is 0.298 e. The van der Waals surface area contributed by atoms with Gasteiger partial charge in [0.1, 0.15) is 12.3 Å². The van der Waals surface area contributed by atoms with Crippen LogP contribution in [0.2, 0.25) is 0 Å². The average molecular weight is 415 g/mol. The van der Waals surface area contributed by atoms with Crippen LogP contribution < -0.4 is 4.74 Å². The summed E-state index contributed by atoms with van der Waals surface area (Å²) in [5.41, 5.74) is 3.57. The lowest BCUT2D eigenvalue weighted by molar-refractivity contribution is -0.437. The van der Waals surface area contributed by atoms with Crippen molar-refractivity contribution >= 4 is 34.1 Å². The molecule has 0 saturated carbocycles. The normalized spacial score (nSPS) is 15.6. The molecular formula is C22H24NO5S+. The summed E-state index contributed by atoms with van der Waals surface area (Å²) in [5, 5.41) is 0. The van der Waals surface area contributed by atoms with Gasteiger partial charge in [-0.1, -0.05) is 30.3 Å². The third kappa shape index (κ3) is 4.81. The molecule has 0 saturated heterocycles. The molecule has 0 fully saturated rings. The number of benzene rings is 2. The van der Waals surface area contributed by atoms with Crippen LogP contribution in [-0.2, 0) is 20.3 Å². The van der Waals surface area contributed by atoms with Crippen LogP contribution in [0.15, 0.2) is 54.6 Å². The molecule has 29 heavy (non-hydrogen) atoms. The van der Waals surface area contributed by atoms with Gasteiger partial charge in [-0.25, -0.2) is 0 Å². The van der Waals surface area contributed by atoms with Crippen molar-refractivity contribution in [3.63, 3.8) is 0 Å². The molecule has 0 spiro atoms. The van der Waals surface area contributed by atoms with Crippen LogP contribution in [0.3, 0.4) is 0 Å². The molecule has 0 atom stereocenters. The van der Waals surface area contributed by atoms with Gasteiger partial charge in [-0.2, -0.15) is 13.0 Å². The van der Waals surface area contributed by atoms with Crippen molar-refractivity contribution in [2.24, 2.45) is 0 Å². The molecule has 0 radical (unpaired) electrons.